The molecule has 0 aliphatic heterocycles. The molecule has 0 atom stereocenters. The third kappa shape index (κ3) is 5.49. The third-order valence-electron chi connectivity index (χ3n) is 5.90. The van der Waals surface area contributed by atoms with Crippen molar-refractivity contribution in [3.8, 4) is 16.9 Å². The van der Waals surface area contributed by atoms with Crippen LogP contribution < -0.4 is 5.32 Å². The van der Waals surface area contributed by atoms with Crippen molar-refractivity contribution >= 4 is 17.6 Å². The van der Waals surface area contributed by atoms with Gasteiger partial charge in [0.25, 0.3) is 5.91 Å². The molecule has 0 spiro atoms. The summed E-state index contributed by atoms with van der Waals surface area (Å²) in [4.78, 5) is 28.0. The number of carbonyl (C=O) groups excluding carboxylic acids is 2. The Balaban J connectivity index is 1.62. The van der Waals surface area contributed by atoms with Crippen LogP contribution in [0.2, 0.25) is 0 Å². The van der Waals surface area contributed by atoms with Crippen LogP contribution in [0.1, 0.15) is 35.3 Å². The van der Waals surface area contributed by atoms with E-state index in [-0.39, 0.29) is 24.4 Å². The molecular weight excluding hydrogens is 436 g/mol. The van der Waals surface area contributed by atoms with Crippen molar-refractivity contribution in [2.24, 2.45) is 0 Å². The standard InChI is InChI=1S/C29H30N4O2/c1-20(2)32(29(35)25-13-9-8-10-22(25)4)19-28(34)30-27-18-26(23-11-6-5-7-12-23)31-33(27)24-16-14-21(3)15-17-24/h5-18,20H,19H2,1-4H3,(H,30,34). The highest BCUT2D eigenvalue weighted by atomic mass is 16.2. The van der Waals surface area contributed by atoms with Crippen molar-refractivity contribution in [3.63, 3.8) is 0 Å². The predicted octanol–water partition coefficient (Wildman–Crippen LogP) is 5.65. The summed E-state index contributed by atoms with van der Waals surface area (Å²) in [5.41, 5.74) is 5.16. The van der Waals surface area contributed by atoms with Crippen molar-refractivity contribution in [1.82, 2.24) is 14.7 Å². The van der Waals surface area contributed by atoms with E-state index in [1.807, 2.05) is 107 Å². The molecule has 6 nitrogen and oxygen atoms in total. The van der Waals surface area contributed by atoms with E-state index >= 15 is 0 Å². The van der Waals surface area contributed by atoms with Crippen LogP contribution in [0, 0.1) is 13.8 Å². The predicted molar refractivity (Wildman–Crippen MR) is 140 cm³/mol. The zero-order valence-electron chi connectivity index (χ0n) is 20.5. The number of aryl methyl sites for hydroxylation is 2. The third-order valence-corrected chi connectivity index (χ3v) is 5.90. The monoisotopic (exact) mass is 466 g/mol. The number of hydrogen-bond donors (Lipinski definition) is 1. The number of benzene rings is 3. The average molecular weight is 467 g/mol. The molecule has 0 aliphatic carbocycles. The quantitative estimate of drug-likeness (QED) is 0.383. The first kappa shape index (κ1) is 24.0. The molecule has 0 unspecified atom stereocenters. The van der Waals surface area contributed by atoms with Gasteiger partial charge in [0, 0.05) is 23.2 Å². The molecule has 0 aliphatic rings. The molecule has 6 heteroatoms. The summed E-state index contributed by atoms with van der Waals surface area (Å²) in [5, 5.41) is 7.75. The Kier molecular flexibility index (Phi) is 7.11. The topological polar surface area (TPSA) is 67.2 Å². The number of amides is 2. The number of rotatable bonds is 7. The van der Waals surface area contributed by atoms with Crippen molar-refractivity contribution < 1.29 is 9.59 Å². The second-order valence-corrected chi connectivity index (χ2v) is 8.92. The zero-order valence-corrected chi connectivity index (χ0v) is 20.5. The fourth-order valence-electron chi connectivity index (χ4n) is 3.90. The molecule has 1 heterocycles. The maximum Gasteiger partial charge on any atom is 0.254 e. The molecule has 35 heavy (non-hydrogen) atoms. The van der Waals surface area contributed by atoms with E-state index in [9.17, 15) is 9.59 Å². The highest BCUT2D eigenvalue weighted by Crippen LogP contribution is 2.25. The Labute approximate surface area is 206 Å². The molecule has 4 aromatic rings. The van der Waals surface area contributed by atoms with Crippen LogP contribution in [0.4, 0.5) is 5.82 Å². The highest BCUT2D eigenvalue weighted by molar-refractivity contribution is 6.00. The Hall–Kier alpha value is -4.19. The van der Waals surface area contributed by atoms with Crippen LogP contribution >= 0.6 is 0 Å². The smallest absolute Gasteiger partial charge is 0.254 e. The van der Waals surface area contributed by atoms with E-state index in [1.165, 1.54) is 0 Å². The van der Waals surface area contributed by atoms with Gasteiger partial charge in [-0.2, -0.15) is 5.10 Å². The fourth-order valence-corrected chi connectivity index (χ4v) is 3.90. The van der Waals surface area contributed by atoms with E-state index in [0.29, 0.717) is 11.4 Å². The maximum atomic E-state index is 13.2. The zero-order chi connectivity index (χ0) is 24.9. The molecule has 2 amide bonds. The average Bonchev–Trinajstić information content (AvgIpc) is 3.27. The van der Waals surface area contributed by atoms with Gasteiger partial charge >= 0.3 is 0 Å². The van der Waals surface area contributed by atoms with Crippen molar-refractivity contribution in [2.75, 3.05) is 11.9 Å². The van der Waals surface area contributed by atoms with Crippen LogP contribution in [0.15, 0.2) is 84.9 Å². The lowest BCUT2D eigenvalue weighted by Crippen LogP contribution is -2.42. The molecule has 1 aromatic heterocycles. The highest BCUT2D eigenvalue weighted by Gasteiger charge is 2.23. The van der Waals surface area contributed by atoms with Gasteiger partial charge in [-0.1, -0.05) is 66.2 Å². The summed E-state index contributed by atoms with van der Waals surface area (Å²) < 4.78 is 1.72. The van der Waals surface area contributed by atoms with Crippen LogP contribution in [-0.4, -0.2) is 39.1 Å². The van der Waals surface area contributed by atoms with Gasteiger partial charge < -0.3 is 10.2 Å². The van der Waals surface area contributed by atoms with Crippen LogP contribution in [0.25, 0.3) is 16.9 Å². The first-order valence-corrected chi connectivity index (χ1v) is 11.7. The van der Waals surface area contributed by atoms with Gasteiger partial charge in [-0.3, -0.25) is 9.59 Å². The van der Waals surface area contributed by atoms with Crippen LogP contribution in [-0.2, 0) is 4.79 Å². The number of anilines is 1. The van der Waals surface area contributed by atoms with Gasteiger partial charge in [-0.15, -0.1) is 0 Å². The molecule has 0 bridgehead atoms. The summed E-state index contributed by atoms with van der Waals surface area (Å²) in [6.45, 7) is 7.68. The van der Waals surface area contributed by atoms with Crippen LogP contribution in [0.3, 0.4) is 0 Å². The fraction of sp³-hybridized carbons (Fsp3) is 0.207. The normalized spacial score (nSPS) is 10.9. The van der Waals surface area contributed by atoms with Gasteiger partial charge in [0.1, 0.15) is 12.4 Å². The molecule has 178 valence electrons. The number of nitrogens with one attached hydrogen (secondary N) is 1. The molecule has 0 saturated carbocycles. The second kappa shape index (κ2) is 10.4. The van der Waals surface area contributed by atoms with Gasteiger partial charge in [0.05, 0.1) is 11.4 Å². The maximum absolute atomic E-state index is 13.2. The molecule has 0 radical (unpaired) electrons. The minimum absolute atomic E-state index is 0.0649. The van der Waals surface area contributed by atoms with Crippen molar-refractivity contribution in [2.45, 2.75) is 33.7 Å². The number of aromatic nitrogens is 2. The molecule has 0 saturated heterocycles. The van der Waals surface area contributed by atoms with E-state index in [2.05, 4.69) is 5.32 Å². The lowest BCUT2D eigenvalue weighted by Gasteiger charge is -2.27. The lowest BCUT2D eigenvalue weighted by atomic mass is 10.1. The van der Waals surface area contributed by atoms with Crippen LogP contribution in [0.5, 0.6) is 0 Å². The molecule has 1 N–H and O–H groups in total. The Morgan fingerprint density at radius 2 is 1.57 bits per heavy atom. The van der Waals surface area contributed by atoms with E-state index in [1.54, 1.807) is 15.6 Å². The van der Waals surface area contributed by atoms with Gasteiger partial charge in [-0.25, -0.2) is 4.68 Å². The largest absolute Gasteiger partial charge is 0.327 e. The Morgan fingerprint density at radius 3 is 2.23 bits per heavy atom. The molecule has 3 aromatic carbocycles. The summed E-state index contributed by atoms with van der Waals surface area (Å²) >= 11 is 0. The van der Waals surface area contributed by atoms with Gasteiger partial charge in [0.15, 0.2) is 0 Å². The summed E-state index contributed by atoms with van der Waals surface area (Å²) in [6.07, 6.45) is 0. The second-order valence-electron chi connectivity index (χ2n) is 8.92. The first-order chi connectivity index (χ1) is 16.8. The summed E-state index contributed by atoms with van der Waals surface area (Å²) in [5.74, 6) is 0.100. The number of nitrogens with zero attached hydrogens (tertiary/aromatic N) is 3. The van der Waals surface area contributed by atoms with E-state index < -0.39 is 0 Å². The molecular formula is C29H30N4O2. The lowest BCUT2D eigenvalue weighted by molar-refractivity contribution is -0.117. The molecule has 0 fully saturated rings. The number of carbonyl (C=O) groups is 2. The minimum atomic E-state index is -0.284. The Morgan fingerprint density at radius 1 is 0.914 bits per heavy atom. The van der Waals surface area contributed by atoms with E-state index in [0.717, 1.165) is 28.1 Å². The molecule has 4 rings (SSSR count). The van der Waals surface area contributed by atoms with Gasteiger partial charge in [0.2, 0.25) is 5.91 Å². The van der Waals surface area contributed by atoms with Crippen molar-refractivity contribution in [3.05, 3.63) is 102 Å². The minimum Gasteiger partial charge on any atom is -0.327 e. The van der Waals surface area contributed by atoms with Gasteiger partial charge in [-0.05, 0) is 51.5 Å². The van der Waals surface area contributed by atoms with E-state index in [4.69, 9.17) is 5.10 Å². The summed E-state index contributed by atoms with van der Waals surface area (Å²) in [6, 6.07) is 26.9. The van der Waals surface area contributed by atoms with Crippen molar-refractivity contribution in [1.29, 1.82) is 0 Å². The Bertz CT molecular complexity index is 1320. The SMILES string of the molecule is Cc1ccc(-n2nc(-c3ccccc3)cc2NC(=O)CN(C(=O)c2ccccc2C)C(C)C)cc1. The summed E-state index contributed by atoms with van der Waals surface area (Å²) in [7, 11) is 0. The first-order valence-electron chi connectivity index (χ1n) is 11.7. The number of hydrogen-bond acceptors (Lipinski definition) is 3.